The number of imidazole rings is 1. The Bertz CT molecular complexity index is 510. The third kappa shape index (κ3) is 1.38. The number of aromatic amines is 1. The van der Waals surface area contributed by atoms with Gasteiger partial charge in [0.05, 0.1) is 13.2 Å². The molecule has 0 bridgehead atoms. The smallest absolute Gasteiger partial charge is 0.259 e. The van der Waals surface area contributed by atoms with Crippen molar-refractivity contribution in [1.82, 2.24) is 19.5 Å². The number of nitrogens with zero attached hydrogens (tertiary/aromatic N) is 3. The van der Waals surface area contributed by atoms with E-state index in [0.717, 1.165) is 0 Å². The van der Waals surface area contributed by atoms with Crippen molar-refractivity contribution in [3.63, 3.8) is 0 Å². The second kappa shape index (κ2) is 3.64. The molecule has 6 heteroatoms. The van der Waals surface area contributed by atoms with Gasteiger partial charge in [-0.05, 0) is 0 Å². The summed E-state index contributed by atoms with van der Waals surface area (Å²) in [6.07, 6.45) is 5.15. The first-order valence-corrected chi connectivity index (χ1v) is 5.24. The van der Waals surface area contributed by atoms with Crippen molar-refractivity contribution < 1.29 is 9.53 Å². The van der Waals surface area contributed by atoms with Crippen LogP contribution in [-0.2, 0) is 4.74 Å². The largest absolute Gasteiger partial charge is 0.378 e. The number of carbonyl (C=O) groups is 1. The summed E-state index contributed by atoms with van der Waals surface area (Å²) in [4.78, 5) is 18.1. The van der Waals surface area contributed by atoms with Gasteiger partial charge in [-0.3, -0.25) is 9.89 Å². The van der Waals surface area contributed by atoms with Crippen molar-refractivity contribution in [3.8, 4) is 0 Å². The van der Waals surface area contributed by atoms with Crippen LogP contribution < -0.4 is 0 Å². The van der Waals surface area contributed by atoms with Gasteiger partial charge in [-0.1, -0.05) is 0 Å². The van der Waals surface area contributed by atoms with Gasteiger partial charge in [0.1, 0.15) is 5.56 Å². The molecule has 0 radical (unpaired) electrons. The molecule has 16 heavy (non-hydrogen) atoms. The zero-order chi connectivity index (χ0) is 11.0. The normalized spacial score (nSPS) is 16.9. The number of morpholine rings is 1. The van der Waals surface area contributed by atoms with E-state index in [9.17, 15) is 4.79 Å². The molecule has 1 N–H and O–H groups in total. The lowest BCUT2D eigenvalue weighted by molar-refractivity contribution is 0.0304. The van der Waals surface area contributed by atoms with Gasteiger partial charge in [-0.25, -0.2) is 9.50 Å². The number of carbonyl (C=O) groups excluding carboxylic acids is 1. The average Bonchev–Trinajstić information content (AvgIpc) is 2.91. The molecule has 6 nitrogen and oxygen atoms in total. The number of hydrogen-bond acceptors (Lipinski definition) is 3. The Morgan fingerprint density at radius 2 is 2.25 bits per heavy atom. The number of aromatic nitrogens is 3. The Morgan fingerprint density at radius 3 is 3.06 bits per heavy atom. The fourth-order valence-corrected chi connectivity index (χ4v) is 1.90. The summed E-state index contributed by atoms with van der Waals surface area (Å²) in [5.41, 5.74) is 1.29. The molecule has 0 spiro atoms. The van der Waals surface area contributed by atoms with Crippen LogP contribution in [0.2, 0.25) is 0 Å². The summed E-state index contributed by atoms with van der Waals surface area (Å²) < 4.78 is 6.95. The highest BCUT2D eigenvalue weighted by molar-refractivity contribution is 5.99. The molecule has 84 valence electrons. The van der Waals surface area contributed by atoms with Crippen LogP contribution in [0.3, 0.4) is 0 Å². The van der Waals surface area contributed by atoms with E-state index in [-0.39, 0.29) is 5.91 Å². The second-order valence-corrected chi connectivity index (χ2v) is 3.71. The van der Waals surface area contributed by atoms with E-state index in [1.165, 1.54) is 0 Å². The molecular formula is C10H12N4O2. The Labute approximate surface area is 91.8 Å². The number of nitrogens with one attached hydrogen (secondary N) is 1. The van der Waals surface area contributed by atoms with Crippen LogP contribution in [0, 0.1) is 0 Å². The Balaban J connectivity index is 1.91. The number of amides is 1. The predicted octanol–water partition coefficient (Wildman–Crippen LogP) is 0.135. The van der Waals surface area contributed by atoms with Crippen LogP contribution in [0.5, 0.6) is 0 Å². The number of rotatable bonds is 1. The van der Waals surface area contributed by atoms with Crippen molar-refractivity contribution in [1.29, 1.82) is 0 Å². The monoisotopic (exact) mass is 220 g/mol. The highest BCUT2D eigenvalue weighted by Crippen LogP contribution is 2.12. The minimum absolute atomic E-state index is 0.0146. The van der Waals surface area contributed by atoms with E-state index in [0.29, 0.717) is 37.5 Å². The Morgan fingerprint density at radius 1 is 1.44 bits per heavy atom. The Hall–Kier alpha value is -1.82. The maximum Gasteiger partial charge on any atom is 0.259 e. The van der Waals surface area contributed by atoms with Crippen LogP contribution in [0.15, 0.2) is 18.6 Å². The third-order valence-corrected chi connectivity index (χ3v) is 2.76. The van der Waals surface area contributed by atoms with Gasteiger partial charge in [0.2, 0.25) is 0 Å². The molecule has 1 fully saturated rings. The molecule has 2 aromatic heterocycles. The van der Waals surface area contributed by atoms with Gasteiger partial charge in [0, 0.05) is 31.7 Å². The van der Waals surface area contributed by atoms with Crippen molar-refractivity contribution in [2.75, 3.05) is 26.3 Å². The fraction of sp³-hybridized carbons (Fsp3) is 0.400. The lowest BCUT2D eigenvalue weighted by Crippen LogP contribution is -2.40. The van der Waals surface area contributed by atoms with Crippen molar-refractivity contribution in [2.24, 2.45) is 0 Å². The summed E-state index contributed by atoms with van der Waals surface area (Å²) in [5, 5.41) is 2.96. The van der Waals surface area contributed by atoms with Gasteiger partial charge >= 0.3 is 0 Å². The van der Waals surface area contributed by atoms with E-state index < -0.39 is 0 Å². The lowest BCUT2D eigenvalue weighted by Gasteiger charge is -2.26. The van der Waals surface area contributed by atoms with Crippen molar-refractivity contribution >= 4 is 11.6 Å². The summed E-state index contributed by atoms with van der Waals surface area (Å²) in [5.74, 6) is 0.0146. The molecule has 0 atom stereocenters. The molecule has 0 saturated carbocycles. The predicted molar refractivity (Wildman–Crippen MR) is 56.3 cm³/mol. The summed E-state index contributed by atoms with van der Waals surface area (Å²) >= 11 is 0. The van der Waals surface area contributed by atoms with E-state index >= 15 is 0 Å². The van der Waals surface area contributed by atoms with Gasteiger partial charge < -0.3 is 9.64 Å². The number of hydrogen-bond donors (Lipinski definition) is 1. The van der Waals surface area contributed by atoms with Crippen molar-refractivity contribution in [3.05, 3.63) is 24.2 Å². The van der Waals surface area contributed by atoms with E-state index in [1.54, 1.807) is 28.0 Å². The number of fused-ring (bicyclic) bond motifs is 1. The second-order valence-electron chi connectivity index (χ2n) is 3.71. The highest BCUT2D eigenvalue weighted by Gasteiger charge is 2.21. The van der Waals surface area contributed by atoms with Gasteiger partial charge in [0.25, 0.3) is 5.91 Å². The highest BCUT2D eigenvalue weighted by atomic mass is 16.5. The Kier molecular flexibility index (Phi) is 2.14. The van der Waals surface area contributed by atoms with E-state index in [1.807, 2.05) is 0 Å². The standard InChI is InChI=1S/C10H12N4O2/c15-10(13-3-5-16-6-4-13)8-7-12-14-2-1-11-9(8)14/h1-2,7,12H,3-6H2. The molecule has 3 rings (SSSR count). The SMILES string of the molecule is O=C(c1c[nH]n2ccnc12)N1CCOCC1. The lowest BCUT2D eigenvalue weighted by atomic mass is 10.3. The van der Waals surface area contributed by atoms with Crippen LogP contribution in [0.4, 0.5) is 0 Å². The zero-order valence-electron chi connectivity index (χ0n) is 8.72. The van der Waals surface area contributed by atoms with Crippen LogP contribution >= 0.6 is 0 Å². The molecule has 0 aliphatic carbocycles. The first-order chi connectivity index (χ1) is 7.86. The first-order valence-electron chi connectivity index (χ1n) is 5.24. The molecule has 2 aromatic rings. The topological polar surface area (TPSA) is 62.6 Å². The van der Waals surface area contributed by atoms with Gasteiger partial charge in [0.15, 0.2) is 5.65 Å². The van der Waals surface area contributed by atoms with Gasteiger partial charge in [-0.15, -0.1) is 0 Å². The number of H-pyrrole nitrogens is 1. The summed E-state index contributed by atoms with van der Waals surface area (Å²) in [6.45, 7) is 2.52. The van der Waals surface area contributed by atoms with Gasteiger partial charge in [-0.2, -0.15) is 0 Å². The zero-order valence-corrected chi connectivity index (χ0v) is 8.72. The van der Waals surface area contributed by atoms with E-state index in [2.05, 4.69) is 10.1 Å². The molecule has 0 aromatic carbocycles. The maximum absolute atomic E-state index is 12.2. The molecule has 0 unspecified atom stereocenters. The average molecular weight is 220 g/mol. The third-order valence-electron chi connectivity index (χ3n) is 2.76. The number of ether oxygens (including phenoxy) is 1. The van der Waals surface area contributed by atoms with Crippen LogP contribution in [0.25, 0.3) is 5.65 Å². The van der Waals surface area contributed by atoms with Crippen LogP contribution in [-0.4, -0.2) is 51.7 Å². The molecule has 1 aliphatic heterocycles. The summed E-state index contributed by atoms with van der Waals surface area (Å²) in [7, 11) is 0. The van der Waals surface area contributed by atoms with Crippen molar-refractivity contribution in [2.45, 2.75) is 0 Å². The van der Waals surface area contributed by atoms with E-state index in [4.69, 9.17) is 4.74 Å². The molecule has 1 amide bonds. The molecule has 3 heterocycles. The first kappa shape index (κ1) is 9.41. The maximum atomic E-state index is 12.2. The summed E-state index contributed by atoms with van der Waals surface area (Å²) in [6, 6.07) is 0. The minimum Gasteiger partial charge on any atom is -0.378 e. The quantitative estimate of drug-likeness (QED) is 0.743. The fourth-order valence-electron chi connectivity index (χ4n) is 1.90. The molecule has 1 aliphatic rings. The molecule has 1 saturated heterocycles. The minimum atomic E-state index is 0.0146. The molecular weight excluding hydrogens is 208 g/mol. The van der Waals surface area contributed by atoms with Crippen LogP contribution in [0.1, 0.15) is 10.4 Å².